The number of nitrogens with two attached hydrogens (primary N) is 1. The number of benzene rings is 1. The van der Waals surface area contributed by atoms with Crippen LogP contribution in [0.4, 0.5) is 4.39 Å². The van der Waals surface area contributed by atoms with E-state index in [0.717, 1.165) is 12.3 Å². The summed E-state index contributed by atoms with van der Waals surface area (Å²) < 4.78 is 13.7. The van der Waals surface area contributed by atoms with Gasteiger partial charge in [-0.15, -0.1) is 0 Å². The molecule has 1 aliphatic carbocycles. The zero-order chi connectivity index (χ0) is 12.3. The van der Waals surface area contributed by atoms with Crippen LogP contribution < -0.4 is 11.3 Å². The zero-order valence-electron chi connectivity index (χ0n) is 9.76. The Hall–Kier alpha value is -0.640. The van der Waals surface area contributed by atoms with Crippen LogP contribution in [-0.2, 0) is 6.42 Å². The molecule has 1 atom stereocenters. The molecule has 0 spiro atoms. The van der Waals surface area contributed by atoms with Gasteiger partial charge >= 0.3 is 0 Å². The van der Waals surface area contributed by atoms with Crippen LogP contribution in [0.15, 0.2) is 18.2 Å². The van der Waals surface area contributed by atoms with Crippen LogP contribution in [0, 0.1) is 11.7 Å². The lowest BCUT2D eigenvalue weighted by Gasteiger charge is -2.29. The van der Waals surface area contributed by atoms with Crippen molar-refractivity contribution in [3.63, 3.8) is 0 Å². The number of halogens is 2. The fourth-order valence-electron chi connectivity index (χ4n) is 2.31. The van der Waals surface area contributed by atoms with Crippen molar-refractivity contribution in [1.29, 1.82) is 0 Å². The predicted molar refractivity (Wildman–Crippen MR) is 68.2 cm³/mol. The number of hydrogen-bond donors (Lipinski definition) is 2. The maximum atomic E-state index is 13.7. The topological polar surface area (TPSA) is 38.0 Å². The molecule has 1 unspecified atom stereocenters. The molecular formula is C13H18ClFN2. The molecule has 0 aliphatic heterocycles. The minimum atomic E-state index is -0.317. The minimum absolute atomic E-state index is 0.133. The van der Waals surface area contributed by atoms with Crippen molar-refractivity contribution in [2.75, 3.05) is 0 Å². The summed E-state index contributed by atoms with van der Waals surface area (Å²) in [5.74, 6) is 5.96. The summed E-state index contributed by atoms with van der Waals surface area (Å²) in [6.07, 6.45) is 5.47. The largest absolute Gasteiger partial charge is 0.271 e. The molecule has 0 bridgehead atoms. The lowest BCUT2D eigenvalue weighted by molar-refractivity contribution is 0.259. The van der Waals surface area contributed by atoms with E-state index in [-0.39, 0.29) is 16.9 Å². The first-order valence-corrected chi connectivity index (χ1v) is 6.47. The summed E-state index contributed by atoms with van der Waals surface area (Å²) in [7, 11) is 0. The first-order chi connectivity index (χ1) is 8.20. The molecule has 1 aromatic rings. The highest BCUT2D eigenvalue weighted by molar-refractivity contribution is 6.30. The van der Waals surface area contributed by atoms with E-state index in [1.165, 1.54) is 19.3 Å². The summed E-state index contributed by atoms with van der Waals surface area (Å²) in [5, 5.41) is 0.182. The number of nitrogens with one attached hydrogen (secondary N) is 1. The zero-order valence-corrected chi connectivity index (χ0v) is 10.5. The predicted octanol–water partition coefficient (Wildman–Crippen LogP) is 3.04. The lowest BCUT2D eigenvalue weighted by atomic mass is 9.80. The number of hydrogen-bond acceptors (Lipinski definition) is 2. The monoisotopic (exact) mass is 256 g/mol. The van der Waals surface area contributed by atoms with Gasteiger partial charge in [0, 0.05) is 6.04 Å². The average molecular weight is 257 g/mol. The summed E-state index contributed by atoms with van der Waals surface area (Å²) in [6, 6.07) is 5.24. The number of hydrazine groups is 1. The second-order valence-electron chi connectivity index (χ2n) is 4.81. The molecular weight excluding hydrogens is 239 g/mol. The van der Waals surface area contributed by atoms with E-state index in [4.69, 9.17) is 17.4 Å². The highest BCUT2D eigenvalue weighted by Crippen LogP contribution is 2.31. The fourth-order valence-corrected chi connectivity index (χ4v) is 2.51. The van der Waals surface area contributed by atoms with Crippen molar-refractivity contribution in [3.05, 3.63) is 34.6 Å². The quantitative estimate of drug-likeness (QED) is 0.628. The maximum absolute atomic E-state index is 13.7. The van der Waals surface area contributed by atoms with Gasteiger partial charge in [-0.25, -0.2) is 4.39 Å². The molecule has 17 heavy (non-hydrogen) atoms. The smallest absolute Gasteiger partial charge is 0.145 e. The Balaban J connectivity index is 1.99. The van der Waals surface area contributed by atoms with Crippen LogP contribution >= 0.6 is 11.6 Å². The molecule has 0 aromatic heterocycles. The minimum Gasteiger partial charge on any atom is -0.271 e. The first kappa shape index (κ1) is 12.8. The van der Waals surface area contributed by atoms with Gasteiger partial charge in [0.2, 0.25) is 0 Å². The normalized spacial score (nSPS) is 17.8. The third-order valence-electron chi connectivity index (χ3n) is 3.58. The van der Waals surface area contributed by atoms with E-state index in [9.17, 15) is 4.39 Å². The van der Waals surface area contributed by atoms with Gasteiger partial charge in [0.25, 0.3) is 0 Å². The molecule has 94 valence electrons. The van der Waals surface area contributed by atoms with Crippen LogP contribution in [-0.4, -0.2) is 6.04 Å². The van der Waals surface area contributed by atoms with Crippen LogP contribution in [0.1, 0.15) is 31.2 Å². The van der Waals surface area contributed by atoms with E-state index in [2.05, 4.69) is 5.43 Å². The highest BCUT2D eigenvalue weighted by Gasteiger charge is 2.22. The Kier molecular flexibility index (Phi) is 4.37. The van der Waals surface area contributed by atoms with Crippen molar-refractivity contribution in [2.24, 2.45) is 11.8 Å². The molecule has 3 N–H and O–H groups in total. The van der Waals surface area contributed by atoms with Crippen molar-refractivity contribution < 1.29 is 4.39 Å². The Labute approximate surface area is 106 Å². The summed E-state index contributed by atoms with van der Waals surface area (Å²) >= 11 is 5.76. The maximum Gasteiger partial charge on any atom is 0.145 e. The van der Waals surface area contributed by atoms with Gasteiger partial charge in [-0.1, -0.05) is 43.0 Å². The van der Waals surface area contributed by atoms with Crippen LogP contribution in [0.2, 0.25) is 5.02 Å². The van der Waals surface area contributed by atoms with E-state index < -0.39 is 0 Å². The van der Waals surface area contributed by atoms with Crippen LogP contribution in [0.25, 0.3) is 0 Å². The van der Waals surface area contributed by atoms with Crippen molar-refractivity contribution in [1.82, 2.24) is 5.43 Å². The molecule has 0 heterocycles. The molecule has 1 aromatic carbocycles. The van der Waals surface area contributed by atoms with Gasteiger partial charge in [0.05, 0.1) is 5.02 Å². The lowest BCUT2D eigenvalue weighted by Crippen LogP contribution is -2.39. The van der Waals surface area contributed by atoms with E-state index in [1.54, 1.807) is 18.2 Å². The van der Waals surface area contributed by atoms with Gasteiger partial charge < -0.3 is 0 Å². The first-order valence-electron chi connectivity index (χ1n) is 6.09. The molecule has 1 fully saturated rings. The Morgan fingerprint density at radius 3 is 2.82 bits per heavy atom. The standard InChI is InChI=1S/C13H18ClFN2/c14-12-6-2-5-10(13(12)15)8-11(17-16)7-9-3-1-4-9/h2,5-6,9,11,17H,1,3-4,7-8,16H2. The molecule has 0 saturated heterocycles. The molecule has 1 aliphatic rings. The molecule has 2 rings (SSSR count). The Morgan fingerprint density at radius 1 is 1.47 bits per heavy atom. The van der Waals surface area contributed by atoms with Crippen LogP contribution in [0.5, 0.6) is 0 Å². The van der Waals surface area contributed by atoms with Crippen LogP contribution in [0.3, 0.4) is 0 Å². The SMILES string of the molecule is NNC(Cc1cccc(Cl)c1F)CC1CCC1. The van der Waals surface area contributed by atoms with Gasteiger partial charge in [-0.3, -0.25) is 11.3 Å². The Bertz CT molecular complexity index is 380. The van der Waals surface area contributed by atoms with Gasteiger partial charge in [0.15, 0.2) is 0 Å². The molecule has 0 radical (unpaired) electrons. The van der Waals surface area contributed by atoms with E-state index in [1.807, 2.05) is 0 Å². The summed E-state index contributed by atoms with van der Waals surface area (Å²) in [5.41, 5.74) is 3.43. The van der Waals surface area contributed by atoms with Gasteiger partial charge in [-0.05, 0) is 30.4 Å². The van der Waals surface area contributed by atoms with E-state index >= 15 is 0 Å². The van der Waals surface area contributed by atoms with Gasteiger partial charge in [0.1, 0.15) is 5.82 Å². The van der Waals surface area contributed by atoms with Crippen molar-refractivity contribution in [3.8, 4) is 0 Å². The second kappa shape index (κ2) is 5.80. The molecule has 2 nitrogen and oxygen atoms in total. The molecule has 1 saturated carbocycles. The molecule has 4 heteroatoms. The molecule has 0 amide bonds. The fraction of sp³-hybridized carbons (Fsp3) is 0.538. The van der Waals surface area contributed by atoms with E-state index in [0.29, 0.717) is 12.0 Å². The third kappa shape index (κ3) is 3.18. The average Bonchev–Trinajstić information content (AvgIpc) is 2.27. The summed E-state index contributed by atoms with van der Waals surface area (Å²) in [4.78, 5) is 0. The Morgan fingerprint density at radius 2 is 2.24 bits per heavy atom. The van der Waals surface area contributed by atoms with Crippen molar-refractivity contribution in [2.45, 2.75) is 38.1 Å². The third-order valence-corrected chi connectivity index (χ3v) is 3.87. The highest BCUT2D eigenvalue weighted by atomic mass is 35.5. The van der Waals surface area contributed by atoms with Crippen molar-refractivity contribution >= 4 is 11.6 Å². The summed E-state index contributed by atoms with van der Waals surface area (Å²) in [6.45, 7) is 0. The second-order valence-corrected chi connectivity index (χ2v) is 5.22. The van der Waals surface area contributed by atoms with Gasteiger partial charge in [-0.2, -0.15) is 0 Å². The number of rotatable bonds is 5.